The number of carbonyl (C=O) groups is 3. The average molecular weight is 279 g/mol. The van der Waals surface area contributed by atoms with Crippen LogP contribution in [0.1, 0.15) is 25.5 Å². The van der Waals surface area contributed by atoms with E-state index in [1.165, 1.54) is 0 Å². The first-order chi connectivity index (χ1) is 9.54. The zero-order chi connectivity index (χ0) is 14.5. The molecule has 0 radical (unpaired) electrons. The molecule has 1 fully saturated rings. The molecule has 20 heavy (non-hydrogen) atoms. The first-order valence-corrected chi connectivity index (χ1v) is 6.47. The summed E-state index contributed by atoms with van der Waals surface area (Å²) in [5.74, 6) is 0.268. The number of carbonyl (C=O) groups excluding carboxylic acids is 3. The van der Waals surface area contributed by atoms with E-state index < -0.39 is 12.1 Å². The molecule has 0 spiro atoms. The number of amides is 4. The van der Waals surface area contributed by atoms with Crippen molar-refractivity contribution in [2.24, 2.45) is 0 Å². The Morgan fingerprint density at radius 2 is 2.30 bits per heavy atom. The Hall–Kier alpha value is -2.31. The SMILES string of the molecule is C[C@H](Cc1ccco1)NC(=O)CC[C@@H]1NC(=O)NC1=O. The van der Waals surface area contributed by atoms with Crippen LogP contribution in [0.5, 0.6) is 0 Å². The number of hydrogen-bond acceptors (Lipinski definition) is 4. The molecule has 1 aromatic heterocycles. The van der Waals surface area contributed by atoms with Gasteiger partial charge in [-0.1, -0.05) is 0 Å². The molecule has 2 atom stereocenters. The van der Waals surface area contributed by atoms with Crippen molar-refractivity contribution in [1.29, 1.82) is 0 Å². The first kappa shape index (κ1) is 14.1. The molecular weight excluding hydrogens is 262 g/mol. The molecule has 0 aromatic carbocycles. The molecule has 3 N–H and O–H groups in total. The zero-order valence-corrected chi connectivity index (χ0v) is 11.1. The highest BCUT2D eigenvalue weighted by Crippen LogP contribution is 2.06. The molecule has 0 bridgehead atoms. The van der Waals surface area contributed by atoms with Gasteiger partial charge in [-0.05, 0) is 25.5 Å². The number of hydrogen-bond donors (Lipinski definition) is 3. The van der Waals surface area contributed by atoms with Gasteiger partial charge >= 0.3 is 6.03 Å². The molecule has 7 nitrogen and oxygen atoms in total. The molecule has 108 valence electrons. The van der Waals surface area contributed by atoms with Crippen LogP contribution in [0.15, 0.2) is 22.8 Å². The average Bonchev–Trinajstić information content (AvgIpc) is 2.96. The second-order valence-corrected chi connectivity index (χ2v) is 4.81. The van der Waals surface area contributed by atoms with E-state index in [4.69, 9.17) is 4.42 Å². The van der Waals surface area contributed by atoms with E-state index in [9.17, 15) is 14.4 Å². The second-order valence-electron chi connectivity index (χ2n) is 4.81. The summed E-state index contributed by atoms with van der Waals surface area (Å²) < 4.78 is 5.20. The van der Waals surface area contributed by atoms with E-state index in [0.29, 0.717) is 6.42 Å². The zero-order valence-electron chi connectivity index (χ0n) is 11.1. The molecule has 0 unspecified atom stereocenters. The van der Waals surface area contributed by atoms with Gasteiger partial charge in [0, 0.05) is 18.9 Å². The topological polar surface area (TPSA) is 100 Å². The van der Waals surface area contributed by atoms with Crippen molar-refractivity contribution < 1.29 is 18.8 Å². The molecule has 4 amide bonds. The maximum absolute atomic E-state index is 11.7. The van der Waals surface area contributed by atoms with Crippen molar-refractivity contribution in [1.82, 2.24) is 16.0 Å². The van der Waals surface area contributed by atoms with Crippen molar-refractivity contribution in [3.05, 3.63) is 24.2 Å². The lowest BCUT2D eigenvalue weighted by atomic mass is 10.1. The van der Waals surface area contributed by atoms with Crippen molar-refractivity contribution >= 4 is 17.8 Å². The minimum Gasteiger partial charge on any atom is -0.469 e. The summed E-state index contributed by atoms with van der Waals surface area (Å²) in [4.78, 5) is 33.9. The molecule has 7 heteroatoms. The fourth-order valence-electron chi connectivity index (χ4n) is 2.07. The number of furan rings is 1. The Balaban J connectivity index is 1.70. The summed E-state index contributed by atoms with van der Waals surface area (Å²) in [5.41, 5.74) is 0. The molecule has 1 saturated heterocycles. The number of imide groups is 1. The van der Waals surface area contributed by atoms with Gasteiger partial charge < -0.3 is 15.1 Å². The van der Waals surface area contributed by atoms with Crippen LogP contribution in [0.2, 0.25) is 0 Å². The van der Waals surface area contributed by atoms with Gasteiger partial charge in [-0.2, -0.15) is 0 Å². The van der Waals surface area contributed by atoms with Crippen LogP contribution in [0.4, 0.5) is 4.79 Å². The van der Waals surface area contributed by atoms with Crippen molar-refractivity contribution in [2.75, 3.05) is 0 Å². The van der Waals surface area contributed by atoms with E-state index >= 15 is 0 Å². The highest BCUT2D eigenvalue weighted by atomic mass is 16.3. The fraction of sp³-hybridized carbons (Fsp3) is 0.462. The van der Waals surface area contributed by atoms with Crippen LogP contribution in [0, 0.1) is 0 Å². The normalized spacial score (nSPS) is 19.4. The third kappa shape index (κ3) is 3.84. The Morgan fingerprint density at radius 1 is 1.50 bits per heavy atom. The molecule has 1 aliphatic rings. The third-order valence-corrected chi connectivity index (χ3v) is 3.01. The van der Waals surface area contributed by atoms with Crippen LogP contribution in [-0.4, -0.2) is 29.9 Å². The van der Waals surface area contributed by atoms with Gasteiger partial charge in [-0.3, -0.25) is 14.9 Å². The Bertz CT molecular complexity index is 498. The first-order valence-electron chi connectivity index (χ1n) is 6.47. The van der Waals surface area contributed by atoms with Gasteiger partial charge in [0.1, 0.15) is 11.8 Å². The summed E-state index contributed by atoms with van der Waals surface area (Å²) in [6.07, 6.45) is 2.67. The van der Waals surface area contributed by atoms with Crippen LogP contribution in [0.25, 0.3) is 0 Å². The van der Waals surface area contributed by atoms with E-state index in [-0.39, 0.29) is 30.7 Å². The maximum atomic E-state index is 11.7. The monoisotopic (exact) mass is 279 g/mol. The molecule has 2 rings (SSSR count). The fourth-order valence-corrected chi connectivity index (χ4v) is 2.07. The van der Waals surface area contributed by atoms with Crippen LogP contribution < -0.4 is 16.0 Å². The largest absolute Gasteiger partial charge is 0.469 e. The van der Waals surface area contributed by atoms with Gasteiger partial charge in [-0.15, -0.1) is 0 Å². The minimum atomic E-state index is -0.617. The molecule has 0 saturated carbocycles. The van der Waals surface area contributed by atoms with Crippen molar-refractivity contribution in [3.8, 4) is 0 Å². The standard InChI is InChI=1S/C13H17N3O4/c1-8(7-9-3-2-6-20-9)14-11(17)5-4-10-12(18)16-13(19)15-10/h2-3,6,8,10H,4-5,7H2,1H3,(H,14,17)(H2,15,16,18,19)/t8-,10+/m1/s1. The second kappa shape index (κ2) is 6.23. The van der Waals surface area contributed by atoms with Gasteiger partial charge in [0.05, 0.1) is 6.26 Å². The molecule has 0 aliphatic carbocycles. The summed E-state index contributed by atoms with van der Waals surface area (Å²) in [7, 11) is 0. The van der Waals surface area contributed by atoms with E-state index in [0.717, 1.165) is 5.76 Å². The van der Waals surface area contributed by atoms with E-state index in [1.54, 1.807) is 12.3 Å². The minimum absolute atomic E-state index is 0.0550. The summed E-state index contributed by atoms with van der Waals surface area (Å²) in [5, 5.41) is 7.41. The van der Waals surface area contributed by atoms with Gasteiger partial charge in [-0.25, -0.2) is 4.79 Å². The number of nitrogens with one attached hydrogen (secondary N) is 3. The summed E-state index contributed by atoms with van der Waals surface area (Å²) in [6.45, 7) is 1.88. The highest BCUT2D eigenvalue weighted by Gasteiger charge is 2.29. The predicted molar refractivity (Wildman–Crippen MR) is 69.7 cm³/mol. The molecule has 1 aliphatic heterocycles. The predicted octanol–water partition coefficient (Wildman–Crippen LogP) is 0.315. The van der Waals surface area contributed by atoms with Crippen LogP contribution in [0.3, 0.4) is 0 Å². The smallest absolute Gasteiger partial charge is 0.322 e. The lowest BCUT2D eigenvalue weighted by Crippen LogP contribution is -2.36. The molecular formula is C13H17N3O4. The third-order valence-electron chi connectivity index (χ3n) is 3.01. The quantitative estimate of drug-likeness (QED) is 0.653. The van der Waals surface area contributed by atoms with Crippen LogP contribution in [-0.2, 0) is 16.0 Å². The summed E-state index contributed by atoms with van der Waals surface area (Å²) >= 11 is 0. The van der Waals surface area contributed by atoms with Crippen molar-refractivity contribution in [3.63, 3.8) is 0 Å². The molecule has 1 aromatic rings. The Kier molecular flexibility index (Phi) is 4.39. The number of rotatable bonds is 6. The molecule has 2 heterocycles. The highest BCUT2D eigenvalue weighted by molar-refractivity contribution is 6.04. The van der Waals surface area contributed by atoms with Gasteiger partial charge in [0.2, 0.25) is 5.91 Å². The summed E-state index contributed by atoms with van der Waals surface area (Å²) in [6, 6.07) is 2.47. The van der Waals surface area contributed by atoms with Gasteiger partial charge in [0.15, 0.2) is 0 Å². The number of urea groups is 1. The van der Waals surface area contributed by atoms with E-state index in [1.807, 2.05) is 13.0 Å². The lowest BCUT2D eigenvalue weighted by Gasteiger charge is -2.13. The Labute approximate surface area is 116 Å². The lowest BCUT2D eigenvalue weighted by molar-refractivity contribution is -0.122. The van der Waals surface area contributed by atoms with Gasteiger partial charge in [0.25, 0.3) is 5.91 Å². The Morgan fingerprint density at radius 3 is 2.90 bits per heavy atom. The van der Waals surface area contributed by atoms with Crippen LogP contribution >= 0.6 is 0 Å². The maximum Gasteiger partial charge on any atom is 0.322 e. The van der Waals surface area contributed by atoms with E-state index in [2.05, 4.69) is 16.0 Å². The van der Waals surface area contributed by atoms with Crippen molar-refractivity contribution in [2.45, 2.75) is 38.3 Å².